The van der Waals surface area contributed by atoms with E-state index in [1.54, 1.807) is 13.4 Å². The van der Waals surface area contributed by atoms with E-state index in [0.717, 1.165) is 36.8 Å². The van der Waals surface area contributed by atoms with Crippen LogP contribution in [0.2, 0.25) is 0 Å². The van der Waals surface area contributed by atoms with E-state index in [9.17, 15) is 0 Å². The molecule has 19 heavy (non-hydrogen) atoms. The fraction of sp³-hybridized carbons (Fsp3) is 0.500. The topological polar surface area (TPSA) is 58.8 Å². The third kappa shape index (κ3) is 7.31. The maximum Gasteiger partial charge on any atom is 0.191 e. The summed E-state index contributed by atoms with van der Waals surface area (Å²) in [5.74, 6) is 1.73. The van der Waals surface area contributed by atoms with Crippen LogP contribution >= 0.6 is 0 Å². The van der Waals surface area contributed by atoms with Crippen molar-refractivity contribution >= 4 is 5.96 Å². The number of hydrogen-bond acceptors (Lipinski definition) is 3. The summed E-state index contributed by atoms with van der Waals surface area (Å²) >= 11 is 0. The van der Waals surface area contributed by atoms with Crippen LogP contribution in [0.15, 0.2) is 40.0 Å². The fourth-order valence-electron chi connectivity index (χ4n) is 1.42. The molecule has 0 saturated heterocycles. The number of nitrogens with one attached hydrogen (secondary N) is 2. The van der Waals surface area contributed by atoms with Crippen LogP contribution in [-0.2, 0) is 11.2 Å². The highest BCUT2D eigenvalue weighted by molar-refractivity contribution is 5.79. The molecule has 0 bridgehead atoms. The van der Waals surface area contributed by atoms with E-state index in [-0.39, 0.29) is 0 Å². The standard InChI is InChI=1S/C14H23N3O2/c1-12(2)11-17-14(16-8-10-18-3)15-7-6-13-5-4-9-19-13/h4-5,9H,1,6-8,10-11H2,2-3H3,(H2,15,16,17). The summed E-state index contributed by atoms with van der Waals surface area (Å²) < 4.78 is 10.3. The maximum absolute atomic E-state index is 5.28. The first kappa shape index (κ1) is 15.3. The Balaban J connectivity index is 2.34. The van der Waals surface area contributed by atoms with E-state index in [4.69, 9.17) is 9.15 Å². The Labute approximate surface area is 114 Å². The minimum atomic E-state index is 0.614. The van der Waals surface area contributed by atoms with Crippen LogP contribution in [0.5, 0.6) is 0 Å². The molecule has 0 fully saturated rings. The van der Waals surface area contributed by atoms with E-state index in [0.29, 0.717) is 13.2 Å². The van der Waals surface area contributed by atoms with Crippen molar-refractivity contribution in [3.05, 3.63) is 36.3 Å². The van der Waals surface area contributed by atoms with Gasteiger partial charge in [0.25, 0.3) is 0 Å². The lowest BCUT2D eigenvalue weighted by atomic mass is 10.3. The first-order valence-electron chi connectivity index (χ1n) is 6.40. The molecule has 2 N–H and O–H groups in total. The van der Waals surface area contributed by atoms with Crippen LogP contribution < -0.4 is 10.6 Å². The zero-order chi connectivity index (χ0) is 13.9. The Morgan fingerprint density at radius 2 is 2.21 bits per heavy atom. The van der Waals surface area contributed by atoms with E-state index < -0.39 is 0 Å². The lowest BCUT2D eigenvalue weighted by Crippen LogP contribution is -2.40. The number of ether oxygens (including phenoxy) is 1. The third-order valence-electron chi connectivity index (χ3n) is 2.35. The lowest BCUT2D eigenvalue weighted by Gasteiger charge is -2.11. The molecule has 0 saturated carbocycles. The molecular formula is C14H23N3O2. The lowest BCUT2D eigenvalue weighted by molar-refractivity contribution is 0.203. The van der Waals surface area contributed by atoms with Crippen LogP contribution in [-0.4, -0.2) is 39.3 Å². The van der Waals surface area contributed by atoms with Gasteiger partial charge in [-0.1, -0.05) is 12.2 Å². The summed E-state index contributed by atoms with van der Waals surface area (Å²) in [5, 5.41) is 6.45. The van der Waals surface area contributed by atoms with E-state index in [2.05, 4.69) is 22.2 Å². The number of rotatable bonds is 8. The Hall–Kier alpha value is -1.75. The van der Waals surface area contributed by atoms with Gasteiger partial charge in [0.15, 0.2) is 5.96 Å². The van der Waals surface area contributed by atoms with Crippen LogP contribution in [0.4, 0.5) is 0 Å². The molecule has 5 heteroatoms. The summed E-state index contributed by atoms with van der Waals surface area (Å²) in [5.41, 5.74) is 1.03. The molecule has 0 spiro atoms. The van der Waals surface area contributed by atoms with E-state index >= 15 is 0 Å². The molecule has 1 rings (SSSR count). The van der Waals surface area contributed by atoms with Crippen molar-refractivity contribution in [3.8, 4) is 0 Å². The highest BCUT2D eigenvalue weighted by atomic mass is 16.5. The highest BCUT2D eigenvalue weighted by Crippen LogP contribution is 1.99. The van der Waals surface area contributed by atoms with Crippen molar-refractivity contribution in [1.82, 2.24) is 10.6 Å². The van der Waals surface area contributed by atoms with Gasteiger partial charge >= 0.3 is 0 Å². The zero-order valence-corrected chi connectivity index (χ0v) is 11.7. The van der Waals surface area contributed by atoms with Crippen molar-refractivity contribution < 1.29 is 9.15 Å². The van der Waals surface area contributed by atoms with E-state index in [1.807, 2.05) is 19.1 Å². The van der Waals surface area contributed by atoms with Gasteiger partial charge in [-0.25, -0.2) is 4.99 Å². The molecule has 0 unspecified atom stereocenters. The van der Waals surface area contributed by atoms with Gasteiger partial charge in [0.1, 0.15) is 5.76 Å². The molecule has 0 aliphatic rings. The normalized spacial score (nSPS) is 11.4. The second kappa shape index (κ2) is 9.22. The average molecular weight is 265 g/mol. The maximum atomic E-state index is 5.28. The summed E-state index contributed by atoms with van der Waals surface area (Å²) in [4.78, 5) is 4.42. The Morgan fingerprint density at radius 1 is 1.42 bits per heavy atom. The summed E-state index contributed by atoms with van der Waals surface area (Å²) in [6, 6.07) is 3.85. The summed E-state index contributed by atoms with van der Waals surface area (Å²) in [6.45, 7) is 8.55. The summed E-state index contributed by atoms with van der Waals surface area (Å²) in [6.07, 6.45) is 2.51. The largest absolute Gasteiger partial charge is 0.469 e. The second-order valence-corrected chi connectivity index (χ2v) is 4.30. The molecule has 0 atom stereocenters. The number of furan rings is 1. The van der Waals surface area contributed by atoms with Crippen molar-refractivity contribution in [1.29, 1.82) is 0 Å². The number of hydrogen-bond donors (Lipinski definition) is 2. The molecular weight excluding hydrogens is 242 g/mol. The molecule has 5 nitrogen and oxygen atoms in total. The third-order valence-corrected chi connectivity index (χ3v) is 2.35. The van der Waals surface area contributed by atoms with Crippen molar-refractivity contribution in [2.75, 3.05) is 33.4 Å². The molecule has 0 aliphatic heterocycles. The SMILES string of the molecule is C=C(C)CN=C(NCCOC)NCCc1ccco1. The van der Waals surface area contributed by atoms with Gasteiger partial charge in [0, 0.05) is 26.6 Å². The zero-order valence-electron chi connectivity index (χ0n) is 11.7. The minimum Gasteiger partial charge on any atom is -0.469 e. The Kier molecular flexibility index (Phi) is 7.43. The summed E-state index contributed by atoms with van der Waals surface area (Å²) in [7, 11) is 1.68. The van der Waals surface area contributed by atoms with Crippen LogP contribution in [0.3, 0.4) is 0 Å². The van der Waals surface area contributed by atoms with Gasteiger partial charge in [0.2, 0.25) is 0 Å². The van der Waals surface area contributed by atoms with Crippen molar-refractivity contribution in [2.24, 2.45) is 4.99 Å². The first-order valence-corrected chi connectivity index (χ1v) is 6.40. The Bertz CT molecular complexity index is 385. The van der Waals surface area contributed by atoms with E-state index in [1.165, 1.54) is 0 Å². The predicted octanol–water partition coefficient (Wildman–Crippen LogP) is 1.58. The van der Waals surface area contributed by atoms with Gasteiger partial charge in [0.05, 0.1) is 19.4 Å². The second-order valence-electron chi connectivity index (χ2n) is 4.30. The number of nitrogens with zero attached hydrogens (tertiary/aromatic N) is 1. The first-order chi connectivity index (χ1) is 9.22. The van der Waals surface area contributed by atoms with Crippen molar-refractivity contribution in [3.63, 3.8) is 0 Å². The van der Waals surface area contributed by atoms with Gasteiger partial charge in [-0.05, 0) is 19.1 Å². The quantitative estimate of drug-likeness (QED) is 0.324. The van der Waals surface area contributed by atoms with Crippen LogP contribution in [0.25, 0.3) is 0 Å². The number of methoxy groups -OCH3 is 1. The monoisotopic (exact) mass is 265 g/mol. The molecule has 1 aromatic rings. The molecule has 0 amide bonds. The van der Waals surface area contributed by atoms with Gasteiger partial charge in [-0.3, -0.25) is 0 Å². The van der Waals surface area contributed by atoms with Gasteiger partial charge in [-0.2, -0.15) is 0 Å². The van der Waals surface area contributed by atoms with Gasteiger partial charge < -0.3 is 19.8 Å². The van der Waals surface area contributed by atoms with Crippen molar-refractivity contribution in [2.45, 2.75) is 13.3 Å². The minimum absolute atomic E-state index is 0.614. The molecule has 0 aliphatic carbocycles. The van der Waals surface area contributed by atoms with Crippen LogP contribution in [0, 0.1) is 0 Å². The van der Waals surface area contributed by atoms with Crippen LogP contribution in [0.1, 0.15) is 12.7 Å². The molecule has 1 aromatic heterocycles. The smallest absolute Gasteiger partial charge is 0.191 e. The molecule has 1 heterocycles. The molecule has 0 radical (unpaired) electrons. The Morgan fingerprint density at radius 3 is 2.84 bits per heavy atom. The average Bonchev–Trinajstić information content (AvgIpc) is 2.88. The number of aliphatic imine (C=N–C) groups is 1. The van der Waals surface area contributed by atoms with Gasteiger partial charge in [-0.15, -0.1) is 0 Å². The fourth-order valence-corrected chi connectivity index (χ4v) is 1.42. The highest BCUT2D eigenvalue weighted by Gasteiger charge is 1.99. The molecule has 106 valence electrons. The number of guanidine groups is 1. The molecule has 0 aromatic carbocycles. The predicted molar refractivity (Wildman–Crippen MR) is 77.4 cm³/mol.